The van der Waals surface area contributed by atoms with Gasteiger partial charge >= 0.3 is 0 Å². The number of hydrogen-bond donors (Lipinski definition) is 0. The van der Waals surface area contributed by atoms with Crippen LogP contribution in [-0.4, -0.2) is 11.3 Å². The van der Waals surface area contributed by atoms with Crippen LogP contribution in [0.1, 0.15) is 39.5 Å². The second-order valence-electron chi connectivity index (χ2n) is 3.30. The van der Waals surface area contributed by atoms with Gasteiger partial charge in [0, 0.05) is 0 Å². The van der Waals surface area contributed by atoms with Gasteiger partial charge < -0.3 is 0 Å². The second-order valence-corrected chi connectivity index (χ2v) is 5.57. The summed E-state index contributed by atoms with van der Waals surface area (Å²) in [6.07, 6.45) is 7.38. The van der Waals surface area contributed by atoms with Crippen molar-refractivity contribution in [3.05, 3.63) is 0 Å². The first kappa shape index (κ1) is 7.54. The van der Waals surface area contributed by atoms with Crippen molar-refractivity contribution in [3.8, 4) is 0 Å². The molecule has 0 saturated heterocycles. The van der Waals surface area contributed by atoms with Gasteiger partial charge in [0.05, 0.1) is 0 Å². The summed E-state index contributed by atoms with van der Waals surface area (Å²) in [6.45, 7) is 4.77. The number of rotatable bonds is 2. The highest BCUT2D eigenvalue weighted by Crippen LogP contribution is 2.44. The Balaban J connectivity index is 2.32. The normalized spacial score (nSPS) is 26.0. The highest BCUT2D eigenvalue weighted by Gasteiger charge is 2.26. The van der Waals surface area contributed by atoms with E-state index in [-0.39, 0.29) is 0 Å². The zero-order chi connectivity index (χ0) is 6.74. The van der Waals surface area contributed by atoms with Crippen LogP contribution in [0.3, 0.4) is 0 Å². The molecular weight excluding hydrogens is 127 g/mol. The van der Waals surface area contributed by atoms with Crippen LogP contribution in [0, 0.1) is 0 Å². The van der Waals surface area contributed by atoms with Gasteiger partial charge in [0.2, 0.25) is 0 Å². The molecule has 1 fully saturated rings. The Kier molecular flexibility index (Phi) is 2.52. The molecule has 0 N–H and O–H groups in total. The average Bonchev–Trinajstić information content (AvgIpc) is 2.16. The van der Waals surface area contributed by atoms with E-state index in [1.165, 1.54) is 40.4 Å². The van der Waals surface area contributed by atoms with E-state index in [0.29, 0.717) is 0 Å². The molecule has 0 radical (unpaired) electrons. The zero-order valence-corrected chi connectivity index (χ0v) is 7.54. The van der Waals surface area contributed by atoms with E-state index in [9.17, 15) is 0 Å². The highest BCUT2D eigenvalue weighted by atomic mass is 31.1. The molecule has 1 unspecified atom stereocenters. The molecule has 0 aromatic heterocycles. The highest BCUT2D eigenvalue weighted by molar-refractivity contribution is 7.39. The maximum Gasteiger partial charge on any atom is -0.0150 e. The van der Waals surface area contributed by atoms with E-state index in [4.69, 9.17) is 0 Å². The van der Waals surface area contributed by atoms with Gasteiger partial charge in [-0.3, -0.25) is 0 Å². The van der Waals surface area contributed by atoms with E-state index in [2.05, 4.69) is 13.8 Å². The fourth-order valence-corrected chi connectivity index (χ4v) is 3.32. The fourth-order valence-electron chi connectivity index (χ4n) is 1.76. The molecule has 0 amide bonds. The minimum absolute atomic E-state index is 0.773. The molecule has 1 aliphatic carbocycles. The molecule has 1 aliphatic rings. The topological polar surface area (TPSA) is 0 Å². The average molecular weight is 144 g/mol. The van der Waals surface area contributed by atoms with E-state index in [1.54, 1.807) is 0 Å². The summed E-state index contributed by atoms with van der Waals surface area (Å²) in [4.78, 5) is 0. The quantitative estimate of drug-likeness (QED) is 0.522. The molecule has 1 heteroatoms. The smallest absolute Gasteiger partial charge is 0.0150 e. The largest absolute Gasteiger partial charge is 0.116 e. The molecule has 0 nitrogen and oxygen atoms in total. The summed E-state index contributed by atoms with van der Waals surface area (Å²) in [5.74, 6) is 0. The van der Waals surface area contributed by atoms with Crippen molar-refractivity contribution in [2.75, 3.05) is 6.16 Å². The van der Waals surface area contributed by atoms with Gasteiger partial charge in [-0.1, -0.05) is 26.7 Å². The van der Waals surface area contributed by atoms with Crippen molar-refractivity contribution in [2.45, 2.75) is 44.7 Å². The second kappa shape index (κ2) is 3.01. The van der Waals surface area contributed by atoms with Gasteiger partial charge in [-0.15, -0.1) is 8.58 Å². The van der Waals surface area contributed by atoms with E-state index >= 15 is 0 Å². The molecule has 0 bridgehead atoms. The lowest BCUT2D eigenvalue weighted by atomic mass is 10.1. The minimum Gasteiger partial charge on any atom is -0.116 e. The van der Waals surface area contributed by atoms with E-state index in [1.807, 2.05) is 0 Å². The molecule has 1 saturated carbocycles. The number of hydrogen-bond acceptors (Lipinski definition) is 0. The molecule has 1 atom stereocenters. The van der Waals surface area contributed by atoms with Crippen LogP contribution >= 0.6 is 8.58 Å². The van der Waals surface area contributed by atoms with Crippen molar-refractivity contribution in [2.24, 2.45) is 0 Å². The third-order valence-electron chi connectivity index (χ3n) is 2.31. The third-order valence-corrected chi connectivity index (χ3v) is 4.02. The first-order chi connectivity index (χ1) is 4.27. The molecule has 54 valence electrons. The van der Waals surface area contributed by atoms with Gasteiger partial charge in [-0.05, 0) is 24.2 Å². The summed E-state index contributed by atoms with van der Waals surface area (Å²) in [5, 5.41) is 0.773. The van der Waals surface area contributed by atoms with Gasteiger partial charge in [0.1, 0.15) is 0 Å². The minimum atomic E-state index is 0.773. The molecule has 9 heavy (non-hydrogen) atoms. The van der Waals surface area contributed by atoms with Crippen molar-refractivity contribution < 1.29 is 0 Å². The van der Waals surface area contributed by atoms with E-state index < -0.39 is 0 Å². The summed E-state index contributed by atoms with van der Waals surface area (Å²) in [6, 6.07) is 0. The molecule has 0 spiro atoms. The first-order valence-corrected chi connectivity index (χ1v) is 5.22. The molecule has 0 aliphatic heterocycles. The molecule has 0 heterocycles. The molecule has 0 aromatic rings. The summed E-state index contributed by atoms with van der Waals surface area (Å²) in [7, 11) is 1.22. The lowest BCUT2D eigenvalue weighted by Gasteiger charge is -2.21. The zero-order valence-electron chi connectivity index (χ0n) is 6.54. The van der Waals surface area contributed by atoms with Crippen LogP contribution in [0.2, 0.25) is 0 Å². The van der Waals surface area contributed by atoms with Crippen LogP contribution in [-0.2, 0) is 0 Å². The maximum atomic E-state index is 2.46. The lowest BCUT2D eigenvalue weighted by molar-refractivity contribution is 0.665. The Labute approximate surface area is 60.2 Å². The Bertz CT molecular complexity index is 82.6. The molecular formula is C8H17P. The molecule has 1 rings (SSSR count). The van der Waals surface area contributed by atoms with Crippen LogP contribution < -0.4 is 0 Å². The van der Waals surface area contributed by atoms with E-state index in [0.717, 1.165) is 5.16 Å². The standard InChI is InChI=1S/C8H17P/c1-3-9-8(2)6-4-5-7-8/h9H,3-7H2,1-2H3. The first-order valence-electron chi connectivity index (χ1n) is 4.02. The molecule has 0 aromatic carbocycles. The van der Waals surface area contributed by atoms with Crippen LogP contribution in [0.25, 0.3) is 0 Å². The van der Waals surface area contributed by atoms with Crippen LogP contribution in [0.5, 0.6) is 0 Å². The summed E-state index contributed by atoms with van der Waals surface area (Å²) in [5.41, 5.74) is 0. The maximum absolute atomic E-state index is 2.46. The third kappa shape index (κ3) is 1.93. The van der Waals surface area contributed by atoms with Crippen LogP contribution in [0.4, 0.5) is 0 Å². The monoisotopic (exact) mass is 144 g/mol. The van der Waals surface area contributed by atoms with Crippen molar-refractivity contribution in [3.63, 3.8) is 0 Å². The van der Waals surface area contributed by atoms with Crippen molar-refractivity contribution in [1.82, 2.24) is 0 Å². The Morgan fingerprint density at radius 2 is 1.89 bits per heavy atom. The van der Waals surface area contributed by atoms with Crippen LogP contribution in [0.15, 0.2) is 0 Å². The van der Waals surface area contributed by atoms with Gasteiger partial charge in [-0.2, -0.15) is 0 Å². The Morgan fingerprint density at radius 1 is 1.33 bits per heavy atom. The SMILES string of the molecule is CCPC1(C)CCCC1. The fraction of sp³-hybridized carbons (Fsp3) is 1.00. The predicted octanol–water partition coefficient (Wildman–Crippen LogP) is 3.02. The van der Waals surface area contributed by atoms with Crippen molar-refractivity contribution in [1.29, 1.82) is 0 Å². The van der Waals surface area contributed by atoms with Crippen molar-refractivity contribution >= 4 is 8.58 Å². The lowest BCUT2D eigenvalue weighted by Crippen LogP contribution is -2.11. The Hall–Kier alpha value is 0.430. The van der Waals surface area contributed by atoms with Gasteiger partial charge in [0.15, 0.2) is 0 Å². The predicted molar refractivity (Wildman–Crippen MR) is 45.7 cm³/mol. The van der Waals surface area contributed by atoms with Gasteiger partial charge in [-0.25, -0.2) is 0 Å². The summed E-state index contributed by atoms with van der Waals surface area (Å²) < 4.78 is 0. The van der Waals surface area contributed by atoms with Gasteiger partial charge in [0.25, 0.3) is 0 Å². The summed E-state index contributed by atoms with van der Waals surface area (Å²) >= 11 is 0. The Morgan fingerprint density at radius 3 is 2.33 bits per heavy atom.